The van der Waals surface area contributed by atoms with Gasteiger partial charge >= 0.3 is 6.11 Å². The number of hydrogen-bond acceptors (Lipinski definition) is 2. The SMILES string of the molecule is C=C(CC)SC(=CC)c1ccc(-c2ccc(-c3cc(F)c(C(F)(F)Oc4cc(F)c(F)c(F)c4)c(F)c3)c(F)c2)cc1. The molecule has 0 N–H and O–H groups in total. The summed E-state index contributed by atoms with van der Waals surface area (Å²) in [6.45, 7) is 7.92. The summed E-state index contributed by atoms with van der Waals surface area (Å²) in [6.07, 6.45) is -1.98. The molecular formula is C32H22F8OS. The van der Waals surface area contributed by atoms with Crippen LogP contribution >= 0.6 is 11.8 Å². The van der Waals surface area contributed by atoms with Crippen molar-refractivity contribution in [3.8, 4) is 28.0 Å². The molecule has 0 unspecified atom stereocenters. The Balaban J connectivity index is 1.60. The van der Waals surface area contributed by atoms with Crippen molar-refractivity contribution < 1.29 is 39.9 Å². The van der Waals surface area contributed by atoms with Gasteiger partial charge in [0.1, 0.15) is 28.8 Å². The molecule has 0 saturated heterocycles. The first-order chi connectivity index (χ1) is 19.8. The van der Waals surface area contributed by atoms with Gasteiger partial charge in [0.15, 0.2) is 17.5 Å². The molecule has 0 aliphatic rings. The molecule has 0 aliphatic heterocycles. The fraction of sp³-hybridized carbons (Fsp3) is 0.125. The van der Waals surface area contributed by atoms with Gasteiger partial charge in [-0.05, 0) is 58.7 Å². The molecule has 0 aromatic heterocycles. The standard InChI is InChI=1S/C32H22F8OS/c1-4-17(3)42-29(5-2)19-8-6-18(7-9-19)20-10-11-23(24(33)12-20)21-13-25(34)30(26(35)14-21)32(39,40)41-22-15-27(36)31(38)28(37)16-22/h5-16H,3-4H2,1-2H3. The van der Waals surface area contributed by atoms with Crippen molar-refractivity contribution in [2.24, 2.45) is 0 Å². The predicted octanol–water partition coefficient (Wildman–Crippen LogP) is 11.0. The van der Waals surface area contributed by atoms with E-state index in [2.05, 4.69) is 11.3 Å². The Morgan fingerprint density at radius 2 is 1.31 bits per heavy atom. The number of hydrogen-bond donors (Lipinski definition) is 0. The van der Waals surface area contributed by atoms with Gasteiger partial charge in [0.05, 0.1) is 0 Å². The number of rotatable bonds is 9. The average molecular weight is 607 g/mol. The van der Waals surface area contributed by atoms with Gasteiger partial charge in [-0.2, -0.15) is 8.78 Å². The summed E-state index contributed by atoms with van der Waals surface area (Å²) in [5.74, 6) is -11.3. The molecule has 0 spiro atoms. The molecule has 4 aromatic carbocycles. The van der Waals surface area contributed by atoms with E-state index < -0.39 is 52.3 Å². The molecule has 0 saturated carbocycles. The third-order valence-corrected chi connectivity index (χ3v) is 7.50. The van der Waals surface area contributed by atoms with Crippen LogP contribution in [0.15, 0.2) is 84.3 Å². The maximum absolute atomic E-state index is 15.1. The van der Waals surface area contributed by atoms with Gasteiger partial charge in [-0.15, -0.1) is 0 Å². The van der Waals surface area contributed by atoms with E-state index in [-0.39, 0.29) is 23.3 Å². The van der Waals surface area contributed by atoms with Crippen LogP contribution in [-0.4, -0.2) is 0 Å². The Hall–Kier alpha value is -4.05. The van der Waals surface area contributed by atoms with Gasteiger partial charge in [0, 0.05) is 22.6 Å². The van der Waals surface area contributed by atoms with Crippen molar-refractivity contribution in [3.05, 3.63) is 130 Å². The molecule has 0 atom stereocenters. The minimum atomic E-state index is -4.76. The molecule has 4 aromatic rings. The second-order valence-electron chi connectivity index (χ2n) is 9.05. The highest BCUT2D eigenvalue weighted by Gasteiger charge is 2.41. The van der Waals surface area contributed by atoms with Crippen LogP contribution < -0.4 is 4.74 Å². The second kappa shape index (κ2) is 12.4. The summed E-state index contributed by atoms with van der Waals surface area (Å²) >= 11 is 1.55. The molecule has 10 heteroatoms. The number of benzene rings is 4. The van der Waals surface area contributed by atoms with Gasteiger partial charge in [0.2, 0.25) is 0 Å². The van der Waals surface area contributed by atoms with Crippen LogP contribution in [0, 0.1) is 34.9 Å². The van der Waals surface area contributed by atoms with E-state index >= 15 is 4.39 Å². The second-order valence-corrected chi connectivity index (χ2v) is 10.3. The van der Waals surface area contributed by atoms with Crippen molar-refractivity contribution >= 4 is 16.7 Å². The summed E-state index contributed by atoms with van der Waals surface area (Å²) in [5, 5.41) is 0. The van der Waals surface area contributed by atoms with Gasteiger partial charge < -0.3 is 4.74 Å². The maximum atomic E-state index is 15.1. The zero-order valence-corrected chi connectivity index (χ0v) is 23.0. The third-order valence-electron chi connectivity index (χ3n) is 6.23. The zero-order chi connectivity index (χ0) is 30.8. The number of alkyl halides is 2. The monoisotopic (exact) mass is 606 g/mol. The minimum absolute atomic E-state index is 0.100. The smallest absolute Gasteiger partial charge is 0.429 e. The Morgan fingerprint density at radius 1 is 0.762 bits per heavy atom. The normalized spacial score (nSPS) is 12.0. The molecule has 4 rings (SSSR count). The Bertz CT molecular complexity index is 1630. The van der Waals surface area contributed by atoms with E-state index in [1.165, 1.54) is 12.1 Å². The first-order valence-electron chi connectivity index (χ1n) is 12.5. The largest absolute Gasteiger partial charge is 0.432 e. The highest BCUT2D eigenvalue weighted by molar-refractivity contribution is 8.11. The number of ether oxygens (including phenoxy) is 1. The van der Waals surface area contributed by atoms with Gasteiger partial charge in [-0.25, -0.2) is 26.3 Å². The molecule has 0 fully saturated rings. The summed E-state index contributed by atoms with van der Waals surface area (Å²) in [5.41, 5.74) is -0.455. The number of thioether (sulfide) groups is 1. The van der Waals surface area contributed by atoms with E-state index in [0.717, 1.165) is 27.9 Å². The average Bonchev–Trinajstić information content (AvgIpc) is 2.93. The lowest BCUT2D eigenvalue weighted by Crippen LogP contribution is -2.25. The lowest BCUT2D eigenvalue weighted by Gasteiger charge is -2.20. The Labute approximate surface area is 241 Å². The highest BCUT2D eigenvalue weighted by atomic mass is 32.2. The molecule has 42 heavy (non-hydrogen) atoms. The van der Waals surface area contributed by atoms with Crippen molar-refractivity contribution in [2.45, 2.75) is 26.4 Å². The fourth-order valence-electron chi connectivity index (χ4n) is 4.06. The van der Waals surface area contributed by atoms with E-state index in [0.29, 0.717) is 23.3 Å². The minimum Gasteiger partial charge on any atom is -0.429 e. The predicted molar refractivity (Wildman–Crippen MR) is 149 cm³/mol. The van der Waals surface area contributed by atoms with Crippen LogP contribution in [-0.2, 0) is 6.11 Å². The number of allylic oxidation sites excluding steroid dienone is 2. The molecule has 1 nitrogen and oxygen atoms in total. The molecule has 218 valence electrons. The van der Waals surface area contributed by atoms with Crippen LogP contribution in [0.2, 0.25) is 0 Å². The highest BCUT2D eigenvalue weighted by Crippen LogP contribution is 2.39. The van der Waals surface area contributed by atoms with Crippen molar-refractivity contribution in [1.29, 1.82) is 0 Å². The van der Waals surface area contributed by atoms with Crippen LogP contribution in [0.1, 0.15) is 31.4 Å². The summed E-state index contributed by atoms with van der Waals surface area (Å²) in [7, 11) is 0. The third kappa shape index (κ3) is 6.54. The molecule has 0 bridgehead atoms. The quantitative estimate of drug-likeness (QED) is 0.138. The molecular weight excluding hydrogens is 584 g/mol. The van der Waals surface area contributed by atoms with Crippen LogP contribution in [0.4, 0.5) is 35.1 Å². The molecule has 0 aliphatic carbocycles. The lowest BCUT2D eigenvalue weighted by atomic mass is 9.97. The van der Waals surface area contributed by atoms with Crippen molar-refractivity contribution in [3.63, 3.8) is 0 Å². The van der Waals surface area contributed by atoms with E-state index in [9.17, 15) is 30.7 Å². The first kappa shape index (κ1) is 30.9. The molecule has 0 radical (unpaired) electrons. The van der Waals surface area contributed by atoms with Crippen LogP contribution in [0.5, 0.6) is 5.75 Å². The van der Waals surface area contributed by atoms with Gasteiger partial charge in [-0.1, -0.05) is 67.7 Å². The van der Waals surface area contributed by atoms with Crippen molar-refractivity contribution in [2.75, 3.05) is 0 Å². The molecule has 0 heterocycles. The molecule has 0 amide bonds. The zero-order valence-electron chi connectivity index (χ0n) is 22.2. The van der Waals surface area contributed by atoms with Gasteiger partial charge in [0.25, 0.3) is 0 Å². The number of halogens is 8. The maximum Gasteiger partial charge on any atom is 0.432 e. The summed E-state index contributed by atoms with van der Waals surface area (Å²) in [6, 6.07) is 12.4. The first-order valence-corrected chi connectivity index (χ1v) is 13.3. The topological polar surface area (TPSA) is 9.23 Å². The van der Waals surface area contributed by atoms with Crippen molar-refractivity contribution in [1.82, 2.24) is 0 Å². The van der Waals surface area contributed by atoms with E-state index in [4.69, 9.17) is 0 Å². The fourth-order valence-corrected chi connectivity index (χ4v) is 4.89. The van der Waals surface area contributed by atoms with E-state index in [1.807, 2.05) is 32.1 Å². The lowest BCUT2D eigenvalue weighted by molar-refractivity contribution is -0.189. The summed E-state index contributed by atoms with van der Waals surface area (Å²) < 4.78 is 118. The van der Waals surface area contributed by atoms with Crippen LogP contribution in [0.3, 0.4) is 0 Å². The van der Waals surface area contributed by atoms with Crippen LogP contribution in [0.25, 0.3) is 27.2 Å². The summed E-state index contributed by atoms with van der Waals surface area (Å²) in [4.78, 5) is 2.01. The Morgan fingerprint density at radius 3 is 1.83 bits per heavy atom. The van der Waals surface area contributed by atoms with E-state index in [1.54, 1.807) is 23.9 Å². The Kier molecular flexibility index (Phi) is 9.15. The van der Waals surface area contributed by atoms with Gasteiger partial charge in [-0.3, -0.25) is 0 Å².